The van der Waals surface area contributed by atoms with E-state index in [1.807, 2.05) is 0 Å². The molecule has 1 saturated heterocycles. The van der Waals surface area contributed by atoms with Crippen LogP contribution in [-0.2, 0) is 21.2 Å². The smallest absolute Gasteiger partial charge is 0.262 e. The summed E-state index contributed by atoms with van der Waals surface area (Å²) in [6.45, 7) is 0.911. The summed E-state index contributed by atoms with van der Waals surface area (Å²) in [5.74, 6) is 0.0849. The van der Waals surface area contributed by atoms with Crippen molar-refractivity contribution >= 4 is 21.6 Å². The molecule has 1 heterocycles. The summed E-state index contributed by atoms with van der Waals surface area (Å²) < 4.78 is 31.9. The standard InChI is InChI=1S/C20H21N3O4S/c21-12-11-16-3-5-17(6-4-16)22-20(24)15-27-18-7-9-19(10-8-18)28(25,26)23-13-1-2-14-23/h3-10H,1-2,11,13-15H2,(H,22,24). The van der Waals surface area contributed by atoms with Crippen LogP contribution in [0.2, 0.25) is 0 Å². The molecule has 146 valence electrons. The number of amides is 1. The molecule has 28 heavy (non-hydrogen) atoms. The normalized spacial score (nSPS) is 14.4. The molecule has 0 aromatic heterocycles. The fourth-order valence-electron chi connectivity index (χ4n) is 2.93. The van der Waals surface area contributed by atoms with Gasteiger partial charge in [0.25, 0.3) is 5.91 Å². The fourth-order valence-corrected chi connectivity index (χ4v) is 4.45. The van der Waals surface area contributed by atoms with Crippen molar-refractivity contribution in [3.8, 4) is 11.8 Å². The second-order valence-corrected chi connectivity index (χ2v) is 8.39. The molecule has 0 bridgehead atoms. The number of hydrogen-bond acceptors (Lipinski definition) is 5. The average molecular weight is 399 g/mol. The van der Waals surface area contributed by atoms with E-state index in [9.17, 15) is 13.2 Å². The number of ether oxygens (including phenoxy) is 1. The summed E-state index contributed by atoms with van der Waals surface area (Å²) in [5.41, 5.74) is 1.49. The minimum atomic E-state index is -3.46. The van der Waals surface area contributed by atoms with Crippen LogP contribution in [0.3, 0.4) is 0 Å². The Hall–Kier alpha value is -2.89. The number of hydrogen-bond donors (Lipinski definition) is 1. The molecule has 1 amide bonds. The maximum Gasteiger partial charge on any atom is 0.262 e. The zero-order valence-corrected chi connectivity index (χ0v) is 16.1. The number of nitriles is 1. The van der Waals surface area contributed by atoms with Crippen LogP contribution >= 0.6 is 0 Å². The number of sulfonamides is 1. The van der Waals surface area contributed by atoms with Crippen LogP contribution in [0, 0.1) is 11.3 Å². The lowest BCUT2D eigenvalue weighted by molar-refractivity contribution is -0.118. The zero-order valence-electron chi connectivity index (χ0n) is 15.3. The van der Waals surface area contributed by atoms with Gasteiger partial charge >= 0.3 is 0 Å². The van der Waals surface area contributed by atoms with Gasteiger partial charge in [0.05, 0.1) is 17.4 Å². The molecule has 0 saturated carbocycles. The number of anilines is 1. The molecular weight excluding hydrogens is 378 g/mol. The Balaban J connectivity index is 1.53. The molecule has 2 aromatic carbocycles. The van der Waals surface area contributed by atoms with Crippen LogP contribution < -0.4 is 10.1 Å². The molecule has 0 unspecified atom stereocenters. The second kappa shape index (κ2) is 8.87. The molecule has 1 N–H and O–H groups in total. The van der Waals surface area contributed by atoms with Gasteiger partial charge in [0.15, 0.2) is 6.61 Å². The van der Waals surface area contributed by atoms with E-state index >= 15 is 0 Å². The van der Waals surface area contributed by atoms with Gasteiger partial charge in [0, 0.05) is 18.8 Å². The fraction of sp³-hybridized carbons (Fsp3) is 0.300. The van der Waals surface area contributed by atoms with E-state index in [4.69, 9.17) is 10.00 Å². The first-order valence-electron chi connectivity index (χ1n) is 8.98. The first kappa shape index (κ1) is 19.9. The molecule has 0 atom stereocenters. The van der Waals surface area contributed by atoms with Crippen LogP contribution in [0.4, 0.5) is 5.69 Å². The molecule has 7 nitrogen and oxygen atoms in total. The van der Waals surface area contributed by atoms with Crippen LogP contribution in [0.5, 0.6) is 5.75 Å². The van der Waals surface area contributed by atoms with E-state index in [1.54, 1.807) is 36.4 Å². The Morgan fingerprint density at radius 1 is 1.07 bits per heavy atom. The third-order valence-electron chi connectivity index (χ3n) is 4.42. The summed E-state index contributed by atoms with van der Waals surface area (Å²) in [6, 6.07) is 15.2. The van der Waals surface area contributed by atoms with Gasteiger partial charge < -0.3 is 10.1 Å². The van der Waals surface area contributed by atoms with Crippen molar-refractivity contribution in [2.24, 2.45) is 0 Å². The number of carbonyl (C=O) groups excluding carboxylic acids is 1. The van der Waals surface area contributed by atoms with Crippen molar-refractivity contribution in [2.75, 3.05) is 25.0 Å². The van der Waals surface area contributed by atoms with Crippen molar-refractivity contribution in [3.05, 3.63) is 54.1 Å². The summed E-state index contributed by atoms with van der Waals surface area (Å²) >= 11 is 0. The SMILES string of the molecule is N#CCc1ccc(NC(=O)COc2ccc(S(=O)(=O)N3CCCC3)cc2)cc1. The lowest BCUT2D eigenvalue weighted by Crippen LogP contribution is -2.27. The van der Waals surface area contributed by atoms with Gasteiger partial charge in [-0.1, -0.05) is 12.1 Å². The van der Waals surface area contributed by atoms with Gasteiger partial charge in [-0.15, -0.1) is 0 Å². The predicted molar refractivity (Wildman–Crippen MR) is 104 cm³/mol. The summed E-state index contributed by atoms with van der Waals surface area (Å²) in [4.78, 5) is 12.2. The maximum atomic E-state index is 12.5. The Morgan fingerprint density at radius 3 is 2.32 bits per heavy atom. The van der Waals surface area contributed by atoms with Gasteiger partial charge in [-0.05, 0) is 54.8 Å². The minimum absolute atomic E-state index is 0.196. The van der Waals surface area contributed by atoms with Gasteiger partial charge in [-0.25, -0.2) is 8.42 Å². The highest BCUT2D eigenvalue weighted by molar-refractivity contribution is 7.89. The van der Waals surface area contributed by atoms with E-state index < -0.39 is 10.0 Å². The molecule has 1 aliphatic heterocycles. The largest absolute Gasteiger partial charge is 0.484 e. The van der Waals surface area contributed by atoms with Gasteiger partial charge in [0.2, 0.25) is 10.0 Å². The topological polar surface area (TPSA) is 99.5 Å². The molecule has 1 fully saturated rings. The highest BCUT2D eigenvalue weighted by Gasteiger charge is 2.26. The lowest BCUT2D eigenvalue weighted by atomic mass is 10.1. The molecule has 1 aliphatic rings. The quantitative estimate of drug-likeness (QED) is 0.771. The average Bonchev–Trinajstić information content (AvgIpc) is 3.24. The molecule has 0 spiro atoms. The Bertz CT molecular complexity index is 958. The van der Waals surface area contributed by atoms with Gasteiger partial charge in [0.1, 0.15) is 5.75 Å². The van der Waals surface area contributed by atoms with Crippen LogP contribution in [0.15, 0.2) is 53.4 Å². The first-order valence-corrected chi connectivity index (χ1v) is 10.4. The van der Waals surface area contributed by atoms with E-state index in [0.29, 0.717) is 30.9 Å². The van der Waals surface area contributed by atoms with Crippen LogP contribution in [0.25, 0.3) is 0 Å². The highest BCUT2D eigenvalue weighted by Crippen LogP contribution is 2.23. The van der Waals surface area contributed by atoms with Crippen molar-refractivity contribution in [1.29, 1.82) is 5.26 Å². The molecule has 2 aromatic rings. The van der Waals surface area contributed by atoms with E-state index in [1.165, 1.54) is 16.4 Å². The molecule has 8 heteroatoms. The monoisotopic (exact) mass is 399 g/mol. The summed E-state index contributed by atoms with van der Waals surface area (Å²) in [7, 11) is -3.46. The van der Waals surface area contributed by atoms with Crippen molar-refractivity contribution < 1.29 is 17.9 Å². The van der Waals surface area contributed by atoms with Crippen molar-refractivity contribution in [2.45, 2.75) is 24.2 Å². The van der Waals surface area contributed by atoms with Crippen LogP contribution in [0.1, 0.15) is 18.4 Å². The van der Waals surface area contributed by atoms with Crippen molar-refractivity contribution in [1.82, 2.24) is 4.31 Å². The molecule has 0 radical (unpaired) electrons. The molecular formula is C20H21N3O4S. The summed E-state index contributed by atoms with van der Waals surface area (Å²) in [6.07, 6.45) is 2.09. The number of nitrogens with one attached hydrogen (secondary N) is 1. The van der Waals surface area contributed by atoms with Crippen LogP contribution in [-0.4, -0.2) is 38.3 Å². The Morgan fingerprint density at radius 2 is 1.71 bits per heavy atom. The molecule has 0 aliphatic carbocycles. The minimum Gasteiger partial charge on any atom is -0.484 e. The second-order valence-electron chi connectivity index (χ2n) is 6.45. The zero-order chi connectivity index (χ0) is 20.0. The number of rotatable bonds is 7. The first-order chi connectivity index (χ1) is 13.5. The van der Waals surface area contributed by atoms with Gasteiger partial charge in [-0.2, -0.15) is 9.57 Å². The Kier molecular flexibility index (Phi) is 6.29. The summed E-state index contributed by atoms with van der Waals surface area (Å²) in [5, 5.41) is 11.4. The lowest BCUT2D eigenvalue weighted by Gasteiger charge is -2.15. The number of benzene rings is 2. The number of nitrogens with zero attached hydrogens (tertiary/aromatic N) is 2. The predicted octanol–water partition coefficient (Wildman–Crippen LogP) is 2.55. The number of carbonyl (C=O) groups is 1. The molecule has 3 rings (SSSR count). The third-order valence-corrected chi connectivity index (χ3v) is 6.33. The highest BCUT2D eigenvalue weighted by atomic mass is 32.2. The van der Waals surface area contributed by atoms with Gasteiger partial charge in [-0.3, -0.25) is 4.79 Å². The van der Waals surface area contributed by atoms with E-state index in [2.05, 4.69) is 11.4 Å². The van der Waals surface area contributed by atoms with E-state index in [-0.39, 0.29) is 17.4 Å². The van der Waals surface area contributed by atoms with Crippen molar-refractivity contribution in [3.63, 3.8) is 0 Å². The van der Waals surface area contributed by atoms with E-state index in [0.717, 1.165) is 18.4 Å². The third kappa shape index (κ3) is 4.88. The Labute approximate surface area is 164 Å². The maximum absolute atomic E-state index is 12.5.